The molecule has 0 fully saturated rings. The van der Waals surface area contributed by atoms with Gasteiger partial charge in [0.05, 0.1) is 0 Å². The van der Waals surface area contributed by atoms with Crippen molar-refractivity contribution in [2.75, 3.05) is 5.88 Å². The van der Waals surface area contributed by atoms with Gasteiger partial charge in [0.2, 0.25) is 0 Å². The second-order valence-corrected chi connectivity index (χ2v) is 4.70. The number of hydrogen-bond acceptors (Lipinski definition) is 1. The molecule has 0 aliphatic rings. The van der Waals surface area contributed by atoms with E-state index in [2.05, 4.69) is 26.2 Å². The quantitative estimate of drug-likeness (QED) is 0.462. The average molecular weight is 241 g/mol. The predicted molar refractivity (Wildman–Crippen MR) is 74.3 cm³/mol. The molecule has 0 saturated heterocycles. The van der Waals surface area contributed by atoms with Crippen LogP contribution in [0.2, 0.25) is 0 Å². The zero-order valence-corrected chi connectivity index (χ0v) is 10.9. The minimum absolute atomic E-state index is 0.526. The van der Waals surface area contributed by atoms with Gasteiger partial charge in [0.1, 0.15) is 0 Å². The molecule has 0 heterocycles. The Labute approximate surface area is 102 Å². The van der Waals surface area contributed by atoms with Gasteiger partial charge in [-0.15, -0.1) is 11.6 Å². The molecule has 0 aliphatic heterocycles. The zero-order valence-electron chi connectivity index (χ0n) is 9.29. The molecule has 0 bridgehead atoms. The number of alkyl halides is 1. The van der Waals surface area contributed by atoms with Crippen LogP contribution in [0.1, 0.15) is 13.8 Å². The maximum atomic E-state index is 5.53. The summed E-state index contributed by atoms with van der Waals surface area (Å²) in [7, 11) is 0. The van der Waals surface area contributed by atoms with Crippen molar-refractivity contribution in [2.45, 2.75) is 13.8 Å². The van der Waals surface area contributed by atoms with Crippen LogP contribution in [-0.2, 0) is 0 Å². The van der Waals surface area contributed by atoms with Crippen molar-refractivity contribution in [1.29, 1.82) is 0 Å². The van der Waals surface area contributed by atoms with Gasteiger partial charge in [-0.3, -0.25) is 0 Å². The molecular weight excluding hydrogens is 224 g/mol. The minimum Gasteiger partial charge on any atom is -0.122 e. The summed E-state index contributed by atoms with van der Waals surface area (Å²) in [6, 6.07) is 0. The fourth-order valence-electron chi connectivity index (χ4n) is 0.768. The normalized spacial score (nSPS) is 13.3. The van der Waals surface area contributed by atoms with Gasteiger partial charge in [-0.2, -0.15) is 0 Å². The van der Waals surface area contributed by atoms with Gasteiger partial charge in [0.25, 0.3) is 0 Å². The standard InChI is InChI=1S/C13H17ClS/c1-5-11(2)8-9-13(4)15-12(3)7-6-10-14/h5-9H,1,3,10H2,2,4H3/b7-6-,11-8-,13-9+. The molecule has 0 radical (unpaired) electrons. The summed E-state index contributed by atoms with van der Waals surface area (Å²) in [6.07, 6.45) is 9.74. The maximum absolute atomic E-state index is 5.53. The van der Waals surface area contributed by atoms with E-state index in [4.69, 9.17) is 11.6 Å². The van der Waals surface area contributed by atoms with Crippen LogP contribution in [0.25, 0.3) is 0 Å². The highest BCUT2D eigenvalue weighted by Gasteiger charge is 1.91. The minimum atomic E-state index is 0.526. The molecule has 82 valence electrons. The molecule has 15 heavy (non-hydrogen) atoms. The lowest BCUT2D eigenvalue weighted by Gasteiger charge is -1.99. The fourth-order valence-corrected chi connectivity index (χ4v) is 1.57. The first kappa shape index (κ1) is 14.3. The molecule has 0 rings (SSSR count). The molecule has 0 aromatic heterocycles. The molecule has 0 saturated carbocycles. The number of thioether (sulfide) groups is 1. The Balaban J connectivity index is 4.24. The van der Waals surface area contributed by atoms with Gasteiger partial charge in [-0.1, -0.05) is 60.9 Å². The summed E-state index contributed by atoms with van der Waals surface area (Å²) in [5.41, 5.74) is 1.15. The van der Waals surface area contributed by atoms with Gasteiger partial charge in [-0.05, 0) is 18.8 Å². The van der Waals surface area contributed by atoms with Gasteiger partial charge in [0.15, 0.2) is 0 Å². The van der Waals surface area contributed by atoms with Gasteiger partial charge in [-0.25, -0.2) is 0 Å². The van der Waals surface area contributed by atoms with Crippen LogP contribution in [0, 0.1) is 0 Å². The highest BCUT2D eigenvalue weighted by molar-refractivity contribution is 8.06. The second-order valence-electron chi connectivity index (χ2n) is 3.02. The third kappa shape index (κ3) is 8.34. The molecule has 0 atom stereocenters. The van der Waals surface area contributed by atoms with Crippen LogP contribution < -0.4 is 0 Å². The Hall–Kier alpha value is -0.660. The summed E-state index contributed by atoms with van der Waals surface area (Å²) >= 11 is 7.17. The van der Waals surface area contributed by atoms with E-state index >= 15 is 0 Å². The lowest BCUT2D eigenvalue weighted by molar-refractivity contribution is 1.52. The van der Waals surface area contributed by atoms with E-state index < -0.39 is 0 Å². The molecular formula is C13H17ClS. The molecule has 0 nitrogen and oxygen atoms in total. The highest BCUT2D eigenvalue weighted by Crippen LogP contribution is 2.24. The Morgan fingerprint density at radius 2 is 2.00 bits per heavy atom. The Morgan fingerprint density at radius 3 is 2.53 bits per heavy atom. The van der Waals surface area contributed by atoms with E-state index in [0.29, 0.717) is 5.88 Å². The largest absolute Gasteiger partial charge is 0.122 e. The van der Waals surface area contributed by atoms with E-state index in [1.54, 1.807) is 11.8 Å². The first-order valence-corrected chi connectivity index (χ1v) is 6.02. The third-order valence-electron chi connectivity index (χ3n) is 1.59. The van der Waals surface area contributed by atoms with Crippen LogP contribution in [0.5, 0.6) is 0 Å². The Morgan fingerprint density at radius 1 is 1.33 bits per heavy atom. The van der Waals surface area contributed by atoms with Gasteiger partial charge in [0, 0.05) is 10.8 Å². The number of halogens is 1. The van der Waals surface area contributed by atoms with Crippen LogP contribution in [0.15, 0.2) is 58.9 Å². The van der Waals surface area contributed by atoms with Crippen LogP contribution in [-0.4, -0.2) is 5.88 Å². The average Bonchev–Trinajstić information content (AvgIpc) is 2.22. The fraction of sp³-hybridized carbons (Fsp3) is 0.231. The molecule has 0 aliphatic carbocycles. The Bertz CT molecular complexity index is 308. The molecule has 0 amide bonds. The van der Waals surface area contributed by atoms with E-state index in [9.17, 15) is 0 Å². The van der Waals surface area contributed by atoms with E-state index in [1.807, 2.05) is 31.2 Å². The molecule has 2 heteroatoms. The smallest absolute Gasteiger partial charge is 0.0407 e. The summed E-state index contributed by atoms with van der Waals surface area (Å²) in [5.74, 6) is 0.526. The number of rotatable bonds is 6. The lowest BCUT2D eigenvalue weighted by Crippen LogP contribution is -1.71. The Kier molecular flexibility index (Phi) is 8.25. The van der Waals surface area contributed by atoms with Crippen molar-refractivity contribution in [1.82, 2.24) is 0 Å². The first-order valence-electron chi connectivity index (χ1n) is 4.67. The molecule has 0 spiro atoms. The summed E-state index contributed by atoms with van der Waals surface area (Å²) < 4.78 is 0. The van der Waals surface area contributed by atoms with Crippen molar-refractivity contribution in [3.05, 3.63) is 58.9 Å². The van der Waals surface area contributed by atoms with Crippen LogP contribution in [0.4, 0.5) is 0 Å². The lowest BCUT2D eigenvalue weighted by atomic mass is 10.3. The SMILES string of the molecule is C=C/C(C)=C\C=C(/C)SC(=C)/C=C\CCl. The van der Waals surface area contributed by atoms with E-state index in [1.165, 1.54) is 4.91 Å². The molecule has 0 aromatic rings. The zero-order chi connectivity index (χ0) is 11.7. The van der Waals surface area contributed by atoms with Crippen molar-refractivity contribution in [3.8, 4) is 0 Å². The van der Waals surface area contributed by atoms with Crippen molar-refractivity contribution >= 4 is 23.4 Å². The molecule has 0 aromatic carbocycles. The summed E-state index contributed by atoms with van der Waals surface area (Å²) in [5, 5.41) is 0. The third-order valence-corrected chi connectivity index (χ3v) is 2.62. The van der Waals surface area contributed by atoms with E-state index in [-0.39, 0.29) is 0 Å². The second kappa shape index (κ2) is 8.63. The van der Waals surface area contributed by atoms with Crippen molar-refractivity contribution in [2.24, 2.45) is 0 Å². The van der Waals surface area contributed by atoms with E-state index in [0.717, 1.165) is 10.5 Å². The predicted octanol–water partition coefficient (Wildman–Crippen LogP) is 5.06. The summed E-state index contributed by atoms with van der Waals surface area (Å²) in [4.78, 5) is 2.19. The summed E-state index contributed by atoms with van der Waals surface area (Å²) in [6.45, 7) is 11.7. The van der Waals surface area contributed by atoms with Crippen LogP contribution >= 0.6 is 23.4 Å². The monoisotopic (exact) mass is 240 g/mol. The maximum Gasteiger partial charge on any atom is 0.0407 e. The molecule has 0 N–H and O–H groups in total. The topological polar surface area (TPSA) is 0 Å². The molecule has 0 unspecified atom stereocenters. The number of allylic oxidation sites excluding steroid dienone is 7. The van der Waals surface area contributed by atoms with Crippen molar-refractivity contribution in [3.63, 3.8) is 0 Å². The highest BCUT2D eigenvalue weighted by atomic mass is 35.5. The first-order chi connectivity index (χ1) is 7.10. The van der Waals surface area contributed by atoms with Gasteiger partial charge >= 0.3 is 0 Å². The van der Waals surface area contributed by atoms with Crippen molar-refractivity contribution < 1.29 is 0 Å². The van der Waals surface area contributed by atoms with Crippen LogP contribution in [0.3, 0.4) is 0 Å². The number of hydrogen-bond donors (Lipinski definition) is 0. The van der Waals surface area contributed by atoms with Gasteiger partial charge < -0.3 is 0 Å².